The molecule has 0 bridgehead atoms. The highest BCUT2D eigenvalue weighted by molar-refractivity contribution is 7.96. The molecule has 3 aromatic rings. The van der Waals surface area contributed by atoms with E-state index in [0.717, 1.165) is 46.1 Å². The topological polar surface area (TPSA) is 70.4 Å². The fraction of sp³-hybridized carbons (Fsp3) is 0.280. The Balaban J connectivity index is 1.79. The molecule has 2 atom stereocenters. The van der Waals surface area contributed by atoms with Gasteiger partial charge in [0.15, 0.2) is 5.12 Å². The first-order chi connectivity index (χ1) is 14.9. The van der Waals surface area contributed by atoms with Gasteiger partial charge in [-0.15, -0.1) is 12.6 Å². The second-order valence-corrected chi connectivity index (χ2v) is 8.50. The van der Waals surface area contributed by atoms with E-state index < -0.39 is 17.3 Å². The molecule has 0 amide bonds. The molecule has 4 rings (SSSR count). The summed E-state index contributed by atoms with van der Waals surface area (Å²) in [6.45, 7) is 0. The van der Waals surface area contributed by atoms with Gasteiger partial charge in [-0.2, -0.15) is 0 Å². The normalized spacial score (nSPS) is 16.0. The van der Waals surface area contributed by atoms with E-state index in [9.17, 15) is 19.4 Å². The van der Waals surface area contributed by atoms with Crippen LogP contribution in [0.3, 0.4) is 0 Å². The maximum atomic E-state index is 13.6. The van der Waals surface area contributed by atoms with Gasteiger partial charge >= 0.3 is 0 Å². The van der Waals surface area contributed by atoms with E-state index in [-0.39, 0.29) is 18.7 Å². The lowest BCUT2D eigenvalue weighted by Gasteiger charge is -2.16. The van der Waals surface area contributed by atoms with Crippen molar-refractivity contribution >= 4 is 34.7 Å². The van der Waals surface area contributed by atoms with Crippen LogP contribution >= 0.6 is 12.6 Å². The van der Waals surface area contributed by atoms with Crippen LogP contribution in [-0.2, 0) is 4.79 Å². The Labute approximate surface area is 185 Å². The Morgan fingerprint density at radius 2 is 1.87 bits per heavy atom. The molecule has 6 heteroatoms. The van der Waals surface area contributed by atoms with Gasteiger partial charge in [0.1, 0.15) is 5.82 Å². The zero-order valence-corrected chi connectivity index (χ0v) is 17.8. The average Bonchev–Trinajstić information content (AvgIpc) is 3.56. The number of carbonyl (C=O) groups excluding carboxylic acids is 1. The first kappa shape index (κ1) is 21.7. The SMILES string of the molecule is O=C(S)CC(O)CC(O)/C=C/c1c(C2CC2)nc2ccccc2c1-c1ccc(F)cc1. The maximum Gasteiger partial charge on any atom is 0.188 e. The van der Waals surface area contributed by atoms with Crippen molar-refractivity contribution in [1.29, 1.82) is 0 Å². The molecule has 2 aromatic carbocycles. The number of hydrogen-bond acceptors (Lipinski definition) is 4. The lowest BCUT2D eigenvalue weighted by atomic mass is 9.92. The third-order valence-corrected chi connectivity index (χ3v) is 5.65. The van der Waals surface area contributed by atoms with Crippen LogP contribution in [0, 0.1) is 5.82 Å². The molecule has 160 valence electrons. The largest absolute Gasteiger partial charge is 0.393 e. The fourth-order valence-electron chi connectivity index (χ4n) is 3.86. The molecule has 1 aliphatic carbocycles. The van der Waals surface area contributed by atoms with Crippen LogP contribution in [0.25, 0.3) is 28.1 Å². The summed E-state index contributed by atoms with van der Waals surface area (Å²) < 4.78 is 13.6. The summed E-state index contributed by atoms with van der Waals surface area (Å²) in [7, 11) is 0. The highest BCUT2D eigenvalue weighted by Crippen LogP contribution is 2.45. The van der Waals surface area contributed by atoms with Crippen molar-refractivity contribution in [1.82, 2.24) is 4.98 Å². The molecule has 0 saturated heterocycles. The number of thiol groups is 1. The van der Waals surface area contributed by atoms with Gasteiger partial charge in [-0.1, -0.05) is 42.5 Å². The molecule has 1 fully saturated rings. The van der Waals surface area contributed by atoms with Crippen LogP contribution in [0.4, 0.5) is 4.39 Å². The van der Waals surface area contributed by atoms with Crippen LogP contribution in [0.5, 0.6) is 0 Å². The molecule has 1 aromatic heterocycles. The Hall–Kier alpha value is -2.54. The van der Waals surface area contributed by atoms with Crippen molar-refractivity contribution in [3.05, 3.63) is 71.7 Å². The van der Waals surface area contributed by atoms with Crippen LogP contribution in [0.1, 0.15) is 42.9 Å². The summed E-state index contributed by atoms with van der Waals surface area (Å²) in [5, 5.41) is 20.9. The Morgan fingerprint density at radius 1 is 1.16 bits per heavy atom. The molecular formula is C25H24FNO3S. The van der Waals surface area contributed by atoms with E-state index in [1.54, 1.807) is 18.2 Å². The molecule has 0 radical (unpaired) electrons. The van der Waals surface area contributed by atoms with E-state index >= 15 is 0 Å². The first-order valence-corrected chi connectivity index (χ1v) is 10.8. The Morgan fingerprint density at radius 3 is 2.55 bits per heavy atom. The number of fused-ring (bicyclic) bond motifs is 1. The molecule has 1 heterocycles. The summed E-state index contributed by atoms with van der Waals surface area (Å²) in [5.41, 5.74) is 4.56. The predicted molar refractivity (Wildman–Crippen MR) is 123 cm³/mol. The molecule has 0 aliphatic heterocycles. The number of halogens is 1. The van der Waals surface area contributed by atoms with E-state index in [0.29, 0.717) is 5.92 Å². The highest BCUT2D eigenvalue weighted by atomic mass is 32.1. The lowest BCUT2D eigenvalue weighted by molar-refractivity contribution is -0.112. The number of pyridine rings is 1. The summed E-state index contributed by atoms with van der Waals surface area (Å²) in [6.07, 6.45) is 3.61. The summed E-state index contributed by atoms with van der Waals surface area (Å²) in [6, 6.07) is 14.2. The van der Waals surface area contributed by atoms with Crippen molar-refractivity contribution in [3.8, 4) is 11.1 Å². The van der Waals surface area contributed by atoms with Crippen molar-refractivity contribution in [2.45, 2.75) is 43.8 Å². The third-order valence-electron chi connectivity index (χ3n) is 5.47. The molecule has 2 N–H and O–H groups in total. The quantitative estimate of drug-likeness (QED) is 0.439. The molecule has 1 aliphatic rings. The minimum absolute atomic E-state index is 0.0362. The minimum atomic E-state index is -0.959. The second-order valence-electron chi connectivity index (χ2n) is 8.00. The Bertz CT molecular complexity index is 1130. The molecule has 0 spiro atoms. The molecular weight excluding hydrogens is 413 g/mol. The maximum absolute atomic E-state index is 13.6. The summed E-state index contributed by atoms with van der Waals surface area (Å²) in [4.78, 5) is 16.0. The van der Waals surface area contributed by atoms with Crippen molar-refractivity contribution < 1.29 is 19.4 Å². The average molecular weight is 438 g/mol. The van der Waals surface area contributed by atoms with Crippen LogP contribution in [0.2, 0.25) is 0 Å². The first-order valence-electron chi connectivity index (χ1n) is 10.4. The molecule has 2 unspecified atom stereocenters. The number of hydrogen-bond donors (Lipinski definition) is 3. The number of benzene rings is 2. The second kappa shape index (κ2) is 9.30. The highest BCUT2D eigenvalue weighted by Gasteiger charge is 2.29. The van der Waals surface area contributed by atoms with E-state index in [1.807, 2.05) is 30.3 Å². The van der Waals surface area contributed by atoms with Gasteiger partial charge in [-0.05, 0) is 36.6 Å². The van der Waals surface area contributed by atoms with Crippen molar-refractivity contribution in [2.24, 2.45) is 0 Å². The van der Waals surface area contributed by atoms with Gasteiger partial charge < -0.3 is 10.2 Å². The Kier molecular flexibility index (Phi) is 6.51. The van der Waals surface area contributed by atoms with E-state index in [1.165, 1.54) is 12.1 Å². The number of aromatic nitrogens is 1. The number of nitrogens with zero attached hydrogens (tertiary/aromatic N) is 1. The molecule has 31 heavy (non-hydrogen) atoms. The number of para-hydroxylation sites is 1. The van der Waals surface area contributed by atoms with Crippen LogP contribution < -0.4 is 0 Å². The number of aliphatic hydroxyl groups excluding tert-OH is 2. The molecule has 1 saturated carbocycles. The summed E-state index contributed by atoms with van der Waals surface area (Å²) >= 11 is 3.67. The monoisotopic (exact) mass is 437 g/mol. The van der Waals surface area contributed by atoms with Crippen LogP contribution in [0.15, 0.2) is 54.6 Å². The smallest absolute Gasteiger partial charge is 0.188 e. The zero-order valence-electron chi connectivity index (χ0n) is 16.9. The summed E-state index contributed by atoms with van der Waals surface area (Å²) in [5.74, 6) is 0.0535. The fourth-order valence-corrected chi connectivity index (χ4v) is 4.07. The van der Waals surface area contributed by atoms with Gasteiger partial charge in [-0.3, -0.25) is 9.78 Å². The minimum Gasteiger partial charge on any atom is -0.393 e. The van der Waals surface area contributed by atoms with Crippen molar-refractivity contribution in [2.75, 3.05) is 0 Å². The zero-order chi connectivity index (χ0) is 22.0. The predicted octanol–water partition coefficient (Wildman–Crippen LogP) is 4.89. The third kappa shape index (κ3) is 5.21. The standard InChI is InChI=1S/C25H24FNO3S/c26-17-9-7-15(8-10-17)24-20-3-1-2-4-22(20)27-25(16-5-6-16)21(24)12-11-18(28)13-19(29)14-23(30)31/h1-4,7-12,16,18-19,28-29H,5-6,13-14H2,(H,30,31)/b12-11+. The number of carbonyl (C=O) groups is 1. The van der Waals surface area contributed by atoms with E-state index in [4.69, 9.17) is 4.98 Å². The van der Waals surface area contributed by atoms with Gasteiger partial charge in [0.25, 0.3) is 0 Å². The van der Waals surface area contributed by atoms with Gasteiger partial charge in [0, 0.05) is 35.3 Å². The van der Waals surface area contributed by atoms with Crippen LogP contribution in [-0.4, -0.2) is 32.5 Å². The number of rotatable bonds is 8. The number of aliphatic hydroxyl groups is 2. The molecule has 4 nitrogen and oxygen atoms in total. The van der Waals surface area contributed by atoms with E-state index in [2.05, 4.69) is 12.6 Å². The van der Waals surface area contributed by atoms with Crippen molar-refractivity contribution in [3.63, 3.8) is 0 Å². The van der Waals surface area contributed by atoms with Gasteiger partial charge in [-0.25, -0.2) is 4.39 Å². The lowest BCUT2D eigenvalue weighted by Crippen LogP contribution is -2.17. The van der Waals surface area contributed by atoms with Gasteiger partial charge in [0.2, 0.25) is 0 Å². The van der Waals surface area contributed by atoms with Gasteiger partial charge in [0.05, 0.1) is 23.4 Å².